The Balaban J connectivity index is 1.36. The van der Waals surface area contributed by atoms with Gasteiger partial charge in [-0.25, -0.2) is 0 Å². The van der Waals surface area contributed by atoms with E-state index in [1.54, 1.807) is 13.2 Å². The molecule has 4 aliphatic carbocycles. The van der Waals surface area contributed by atoms with Crippen LogP contribution in [0.1, 0.15) is 44.1 Å². The van der Waals surface area contributed by atoms with Crippen molar-refractivity contribution in [2.75, 3.05) is 7.11 Å². The number of methoxy groups -OCH3 is 1. The lowest BCUT2D eigenvalue weighted by molar-refractivity contribution is -0.115. The maximum absolute atomic E-state index is 12.3. The van der Waals surface area contributed by atoms with E-state index in [1.807, 2.05) is 18.2 Å². The van der Waals surface area contributed by atoms with E-state index in [0.717, 1.165) is 33.5 Å². The molecule has 0 unspecified atom stereocenters. The number of carbonyl (C=O) groups excluding carboxylic acids is 1. The van der Waals surface area contributed by atoms with E-state index >= 15 is 0 Å². The zero-order chi connectivity index (χ0) is 19.0. The van der Waals surface area contributed by atoms with Gasteiger partial charge in [0.2, 0.25) is 5.91 Å². The summed E-state index contributed by atoms with van der Waals surface area (Å²) in [6, 6.07) is 5.68. The quantitative estimate of drug-likeness (QED) is 0.528. The Hall–Kier alpha value is -1.40. The molecule has 144 valence electrons. The number of thiocarbonyl (C=S) groups is 1. The molecule has 1 aromatic rings. The molecule has 0 aromatic heterocycles. The van der Waals surface area contributed by atoms with E-state index in [0.29, 0.717) is 5.11 Å². The summed E-state index contributed by atoms with van der Waals surface area (Å²) >= 11 is 8.90. The smallest absolute Gasteiger partial charge is 0.250 e. The van der Waals surface area contributed by atoms with E-state index < -0.39 is 0 Å². The van der Waals surface area contributed by atoms with Gasteiger partial charge in [0.15, 0.2) is 5.11 Å². The zero-order valence-corrected chi connectivity index (χ0v) is 17.9. The summed E-state index contributed by atoms with van der Waals surface area (Å²) in [5.74, 6) is 3.01. The van der Waals surface area contributed by atoms with Gasteiger partial charge >= 0.3 is 0 Å². The molecule has 1 amide bonds. The number of hydrogen-bond acceptors (Lipinski definition) is 3. The van der Waals surface area contributed by atoms with Crippen LogP contribution < -0.4 is 15.4 Å². The van der Waals surface area contributed by atoms with Crippen LogP contribution in [0.25, 0.3) is 6.08 Å². The van der Waals surface area contributed by atoms with Gasteiger partial charge in [-0.2, -0.15) is 0 Å². The Morgan fingerprint density at radius 2 is 1.85 bits per heavy atom. The fraction of sp³-hybridized carbons (Fsp3) is 0.524. The second-order valence-electron chi connectivity index (χ2n) is 8.36. The van der Waals surface area contributed by atoms with Gasteiger partial charge in [-0.15, -0.1) is 0 Å². The van der Waals surface area contributed by atoms with Crippen molar-refractivity contribution in [2.24, 2.45) is 17.8 Å². The van der Waals surface area contributed by atoms with Gasteiger partial charge in [0, 0.05) is 21.7 Å². The molecular weight excluding hydrogens is 424 g/mol. The number of nitrogens with one attached hydrogen (secondary N) is 2. The average molecular weight is 449 g/mol. The SMILES string of the molecule is COc1ccc(Br)cc1/C=C/C(=O)NC(=S)NC12CC3CC(CC(C3)C1)C2. The highest BCUT2D eigenvalue weighted by Crippen LogP contribution is 2.55. The fourth-order valence-electron chi connectivity index (χ4n) is 5.69. The molecule has 0 radical (unpaired) electrons. The Labute approximate surface area is 174 Å². The van der Waals surface area contributed by atoms with Crippen molar-refractivity contribution in [3.63, 3.8) is 0 Å². The van der Waals surface area contributed by atoms with Gasteiger partial charge in [-0.1, -0.05) is 15.9 Å². The lowest BCUT2D eigenvalue weighted by Gasteiger charge is -2.57. The van der Waals surface area contributed by atoms with Gasteiger partial charge in [0.25, 0.3) is 0 Å². The first-order valence-corrected chi connectivity index (χ1v) is 10.8. The highest BCUT2D eigenvalue weighted by molar-refractivity contribution is 9.10. The number of carbonyl (C=O) groups is 1. The summed E-state index contributed by atoms with van der Waals surface area (Å²) in [6.07, 6.45) is 11.0. The van der Waals surface area contributed by atoms with Crippen molar-refractivity contribution < 1.29 is 9.53 Å². The lowest BCUT2D eigenvalue weighted by atomic mass is 9.53. The minimum absolute atomic E-state index is 0.107. The highest BCUT2D eigenvalue weighted by Gasteiger charge is 2.51. The number of ether oxygens (including phenoxy) is 1. The van der Waals surface area contributed by atoms with Crippen molar-refractivity contribution in [1.82, 2.24) is 10.6 Å². The summed E-state index contributed by atoms with van der Waals surface area (Å²) in [6.45, 7) is 0. The summed E-state index contributed by atoms with van der Waals surface area (Å²) < 4.78 is 6.26. The average Bonchev–Trinajstić information content (AvgIpc) is 2.58. The summed E-state index contributed by atoms with van der Waals surface area (Å²) in [7, 11) is 1.62. The molecule has 6 heteroatoms. The summed E-state index contributed by atoms with van der Waals surface area (Å²) in [5.41, 5.74) is 0.943. The van der Waals surface area contributed by atoms with Gasteiger partial charge in [-0.05, 0) is 92.8 Å². The Morgan fingerprint density at radius 3 is 2.44 bits per heavy atom. The van der Waals surface area contributed by atoms with E-state index in [-0.39, 0.29) is 11.4 Å². The molecule has 4 saturated carbocycles. The van der Waals surface area contributed by atoms with Crippen LogP contribution in [-0.4, -0.2) is 23.7 Å². The first-order chi connectivity index (χ1) is 12.9. The van der Waals surface area contributed by atoms with Crippen LogP contribution >= 0.6 is 28.1 Å². The molecular formula is C21H25BrN2O2S. The maximum atomic E-state index is 12.3. The van der Waals surface area contributed by atoms with Crippen LogP contribution in [0.5, 0.6) is 5.75 Å². The van der Waals surface area contributed by atoms with Gasteiger partial charge in [0.1, 0.15) is 5.75 Å². The number of benzene rings is 1. The molecule has 2 N–H and O–H groups in total. The van der Waals surface area contributed by atoms with E-state index in [4.69, 9.17) is 17.0 Å². The fourth-order valence-corrected chi connectivity index (χ4v) is 6.39. The monoisotopic (exact) mass is 448 g/mol. The van der Waals surface area contributed by atoms with Crippen molar-refractivity contribution >= 4 is 45.2 Å². The van der Waals surface area contributed by atoms with Crippen molar-refractivity contribution in [3.05, 3.63) is 34.3 Å². The Bertz CT molecular complexity index is 757. The van der Waals surface area contributed by atoms with E-state index in [9.17, 15) is 4.79 Å². The lowest BCUT2D eigenvalue weighted by Crippen LogP contribution is -2.61. The Kier molecular flexibility index (Phi) is 5.30. The van der Waals surface area contributed by atoms with E-state index in [1.165, 1.54) is 44.6 Å². The second-order valence-corrected chi connectivity index (χ2v) is 9.68. The Morgan fingerprint density at radius 1 is 1.22 bits per heavy atom. The van der Waals surface area contributed by atoms with Crippen LogP contribution in [0.15, 0.2) is 28.7 Å². The number of halogens is 1. The molecule has 0 saturated heterocycles. The van der Waals surface area contributed by atoms with Crippen molar-refractivity contribution in [3.8, 4) is 5.75 Å². The van der Waals surface area contributed by atoms with E-state index in [2.05, 4.69) is 26.6 Å². The van der Waals surface area contributed by atoms with Crippen LogP contribution in [0.3, 0.4) is 0 Å². The molecule has 4 aliphatic rings. The molecule has 4 bridgehead atoms. The third-order valence-corrected chi connectivity index (χ3v) is 6.96. The topological polar surface area (TPSA) is 50.4 Å². The predicted molar refractivity (Wildman–Crippen MR) is 115 cm³/mol. The summed E-state index contributed by atoms with van der Waals surface area (Å²) in [4.78, 5) is 12.3. The maximum Gasteiger partial charge on any atom is 0.250 e. The third-order valence-electron chi connectivity index (χ3n) is 6.26. The number of hydrogen-bond donors (Lipinski definition) is 2. The first kappa shape index (κ1) is 18.9. The highest BCUT2D eigenvalue weighted by atomic mass is 79.9. The largest absolute Gasteiger partial charge is 0.496 e. The molecule has 0 spiro atoms. The molecule has 0 heterocycles. The van der Waals surface area contributed by atoms with Gasteiger partial charge in [-0.3, -0.25) is 10.1 Å². The third kappa shape index (κ3) is 4.21. The van der Waals surface area contributed by atoms with Gasteiger partial charge < -0.3 is 10.1 Å². The summed E-state index contributed by atoms with van der Waals surface area (Å²) in [5, 5.41) is 6.79. The molecule has 4 fully saturated rings. The molecule has 1 aromatic carbocycles. The molecule has 0 atom stereocenters. The molecule has 5 rings (SSSR count). The minimum Gasteiger partial charge on any atom is -0.496 e. The van der Waals surface area contributed by atoms with Crippen LogP contribution in [0.4, 0.5) is 0 Å². The molecule has 27 heavy (non-hydrogen) atoms. The molecule has 4 nitrogen and oxygen atoms in total. The number of rotatable bonds is 4. The predicted octanol–water partition coefficient (Wildman–Crippen LogP) is 4.43. The number of amides is 1. The minimum atomic E-state index is -0.223. The van der Waals surface area contributed by atoms with Crippen LogP contribution in [0.2, 0.25) is 0 Å². The van der Waals surface area contributed by atoms with Crippen LogP contribution in [-0.2, 0) is 4.79 Å². The van der Waals surface area contributed by atoms with Crippen molar-refractivity contribution in [1.29, 1.82) is 0 Å². The molecule has 0 aliphatic heterocycles. The first-order valence-electron chi connectivity index (χ1n) is 9.59. The van der Waals surface area contributed by atoms with Gasteiger partial charge in [0.05, 0.1) is 7.11 Å². The standard InChI is InChI=1S/C21H25BrN2O2S/c1-26-18-4-3-17(22)9-16(18)2-5-19(25)23-20(27)24-21-10-13-6-14(11-21)8-15(7-13)12-21/h2-5,9,13-15H,6-8,10-12H2,1H3,(H2,23,24,25,27)/b5-2+. The van der Waals surface area contributed by atoms with Crippen LogP contribution in [0, 0.1) is 17.8 Å². The second kappa shape index (κ2) is 7.55. The zero-order valence-electron chi connectivity index (χ0n) is 15.5. The normalized spacial score (nSPS) is 31.1. The van der Waals surface area contributed by atoms with Crippen molar-refractivity contribution in [2.45, 2.75) is 44.1 Å².